The van der Waals surface area contributed by atoms with Crippen molar-refractivity contribution in [2.75, 3.05) is 13.1 Å². The van der Waals surface area contributed by atoms with Crippen molar-refractivity contribution in [1.82, 2.24) is 4.90 Å². The van der Waals surface area contributed by atoms with Gasteiger partial charge in [0, 0.05) is 13.1 Å². The van der Waals surface area contributed by atoms with E-state index < -0.39 is 0 Å². The van der Waals surface area contributed by atoms with E-state index in [-0.39, 0.29) is 0 Å². The first-order valence-corrected chi connectivity index (χ1v) is 6.63. The molecule has 0 radical (unpaired) electrons. The molecule has 3 rings (SSSR count). The molecule has 2 fully saturated rings. The van der Waals surface area contributed by atoms with Gasteiger partial charge in [0.15, 0.2) is 0 Å². The van der Waals surface area contributed by atoms with Gasteiger partial charge in [-0.2, -0.15) is 0 Å². The highest BCUT2D eigenvalue weighted by molar-refractivity contribution is 5.23. The summed E-state index contributed by atoms with van der Waals surface area (Å²) in [5.74, 6) is 1.63. The Balaban J connectivity index is 1.78. The van der Waals surface area contributed by atoms with E-state index in [1.54, 1.807) is 0 Å². The molecule has 0 spiro atoms. The van der Waals surface area contributed by atoms with Crippen molar-refractivity contribution in [1.29, 1.82) is 0 Å². The highest BCUT2D eigenvalue weighted by Gasteiger charge is 2.49. The Morgan fingerprint density at radius 2 is 2.12 bits per heavy atom. The minimum absolute atomic E-state index is 0.509. The zero-order valence-corrected chi connectivity index (χ0v) is 10.6. The lowest BCUT2D eigenvalue weighted by Gasteiger charge is -2.23. The van der Waals surface area contributed by atoms with E-state index >= 15 is 0 Å². The maximum Gasteiger partial charge on any atom is 0.0229 e. The van der Waals surface area contributed by atoms with Crippen LogP contribution in [0.2, 0.25) is 0 Å². The Hall–Kier alpha value is -1.24. The molecule has 1 nitrogen and oxygen atoms in total. The first-order chi connectivity index (χ1) is 8.21. The fraction of sp³-hybridized carbons (Fsp3) is 0.500. The second-order valence-corrected chi connectivity index (χ2v) is 6.01. The second-order valence-electron chi connectivity index (χ2n) is 6.01. The molecule has 1 aromatic carbocycles. The zero-order chi connectivity index (χ0) is 11.9. The zero-order valence-electron chi connectivity index (χ0n) is 10.6. The van der Waals surface area contributed by atoms with Crippen LogP contribution in [0.5, 0.6) is 0 Å². The van der Waals surface area contributed by atoms with E-state index in [9.17, 15) is 0 Å². The van der Waals surface area contributed by atoms with Gasteiger partial charge in [0.25, 0.3) is 0 Å². The number of hydrogen-bond donors (Lipinski definition) is 0. The highest BCUT2D eigenvalue weighted by Crippen LogP contribution is 2.54. The largest absolute Gasteiger partial charge is 0.377 e. The van der Waals surface area contributed by atoms with Crippen molar-refractivity contribution in [3.63, 3.8) is 0 Å². The van der Waals surface area contributed by atoms with Gasteiger partial charge in [0.1, 0.15) is 0 Å². The number of benzene rings is 1. The van der Waals surface area contributed by atoms with Gasteiger partial charge >= 0.3 is 0 Å². The highest BCUT2D eigenvalue weighted by atomic mass is 15.1. The third-order valence-electron chi connectivity index (χ3n) is 4.82. The molecule has 1 saturated carbocycles. The molecule has 90 valence electrons. The van der Waals surface area contributed by atoms with Crippen LogP contribution in [0.25, 0.3) is 0 Å². The Morgan fingerprint density at radius 1 is 1.35 bits per heavy atom. The molecule has 1 aliphatic carbocycles. The van der Waals surface area contributed by atoms with Gasteiger partial charge in [0.05, 0.1) is 0 Å². The monoisotopic (exact) mass is 227 g/mol. The summed E-state index contributed by atoms with van der Waals surface area (Å²) in [6.07, 6.45) is 4.71. The molecule has 2 unspecified atom stereocenters. The standard InChI is InChI=1S/C16H21N/c1-3-17-11-15-9-14(10-16(15,2)12-17)13-7-5-4-6-8-13/h3-8,14-15H,1,9-12H2,2H3/t14?,15?,16-/m0/s1. The van der Waals surface area contributed by atoms with E-state index in [0.717, 1.165) is 11.8 Å². The lowest BCUT2D eigenvalue weighted by atomic mass is 9.82. The molecule has 2 aliphatic rings. The fourth-order valence-corrected chi connectivity index (χ4v) is 3.86. The molecule has 0 aromatic heterocycles. The molecule has 0 amide bonds. The lowest BCUT2D eigenvalue weighted by molar-refractivity contribution is 0.291. The smallest absolute Gasteiger partial charge is 0.0229 e. The van der Waals surface area contributed by atoms with Gasteiger partial charge in [-0.05, 0) is 41.9 Å². The van der Waals surface area contributed by atoms with Crippen LogP contribution in [0.1, 0.15) is 31.2 Å². The van der Waals surface area contributed by atoms with E-state index in [2.05, 4.69) is 48.7 Å². The third kappa shape index (κ3) is 1.78. The molecule has 1 saturated heterocycles. The van der Waals surface area contributed by atoms with Gasteiger partial charge in [-0.1, -0.05) is 43.8 Å². The SMILES string of the molecule is C=CN1CC2CC(c3ccccc3)C[C@@]2(C)C1. The molecule has 1 aromatic rings. The van der Waals surface area contributed by atoms with E-state index in [0.29, 0.717) is 5.41 Å². The van der Waals surface area contributed by atoms with Crippen LogP contribution in [0, 0.1) is 11.3 Å². The molecule has 1 heteroatoms. The topological polar surface area (TPSA) is 3.24 Å². The minimum atomic E-state index is 0.509. The summed E-state index contributed by atoms with van der Waals surface area (Å²) in [7, 11) is 0. The second kappa shape index (κ2) is 3.90. The Labute approximate surface area is 104 Å². The van der Waals surface area contributed by atoms with Gasteiger partial charge in [0.2, 0.25) is 0 Å². The molecule has 1 heterocycles. The van der Waals surface area contributed by atoms with Gasteiger partial charge in [-0.25, -0.2) is 0 Å². The average molecular weight is 227 g/mol. The number of likely N-dealkylation sites (tertiary alicyclic amines) is 1. The van der Waals surface area contributed by atoms with Crippen molar-refractivity contribution in [3.05, 3.63) is 48.7 Å². The Kier molecular flexibility index (Phi) is 2.50. The van der Waals surface area contributed by atoms with Crippen molar-refractivity contribution < 1.29 is 0 Å². The number of nitrogens with zero attached hydrogens (tertiary/aromatic N) is 1. The summed E-state index contributed by atoms with van der Waals surface area (Å²) in [6, 6.07) is 11.0. The van der Waals surface area contributed by atoms with Crippen LogP contribution >= 0.6 is 0 Å². The van der Waals surface area contributed by atoms with E-state index in [1.807, 2.05) is 6.20 Å². The van der Waals surface area contributed by atoms with E-state index in [1.165, 1.54) is 31.5 Å². The fourth-order valence-electron chi connectivity index (χ4n) is 3.86. The van der Waals surface area contributed by atoms with Gasteiger partial charge in [-0.15, -0.1) is 0 Å². The van der Waals surface area contributed by atoms with Crippen LogP contribution in [-0.2, 0) is 0 Å². The first kappa shape index (κ1) is 10.9. The summed E-state index contributed by atoms with van der Waals surface area (Å²) < 4.78 is 0. The summed E-state index contributed by atoms with van der Waals surface area (Å²) in [4.78, 5) is 2.39. The molecule has 0 N–H and O–H groups in total. The molecular formula is C16H21N. The predicted molar refractivity (Wildman–Crippen MR) is 71.8 cm³/mol. The molecule has 1 aliphatic heterocycles. The number of rotatable bonds is 2. The summed E-state index contributed by atoms with van der Waals surface area (Å²) in [5, 5.41) is 0. The summed E-state index contributed by atoms with van der Waals surface area (Å²) in [5.41, 5.74) is 2.04. The van der Waals surface area contributed by atoms with Gasteiger partial charge < -0.3 is 4.90 Å². The maximum atomic E-state index is 3.90. The lowest BCUT2D eigenvalue weighted by Crippen LogP contribution is -2.21. The molecule has 17 heavy (non-hydrogen) atoms. The van der Waals surface area contributed by atoms with Crippen LogP contribution < -0.4 is 0 Å². The van der Waals surface area contributed by atoms with Crippen LogP contribution in [0.15, 0.2) is 43.1 Å². The van der Waals surface area contributed by atoms with E-state index in [4.69, 9.17) is 0 Å². The number of fused-ring (bicyclic) bond motifs is 1. The predicted octanol–water partition coefficient (Wildman–Crippen LogP) is 3.65. The normalized spacial score (nSPS) is 35.9. The minimum Gasteiger partial charge on any atom is -0.377 e. The maximum absolute atomic E-state index is 3.90. The Morgan fingerprint density at radius 3 is 2.76 bits per heavy atom. The quantitative estimate of drug-likeness (QED) is 0.745. The van der Waals surface area contributed by atoms with Crippen LogP contribution in [0.3, 0.4) is 0 Å². The summed E-state index contributed by atoms with van der Waals surface area (Å²) in [6.45, 7) is 8.78. The van der Waals surface area contributed by atoms with Crippen LogP contribution in [0.4, 0.5) is 0 Å². The van der Waals surface area contributed by atoms with Crippen molar-refractivity contribution >= 4 is 0 Å². The van der Waals surface area contributed by atoms with Crippen molar-refractivity contribution in [3.8, 4) is 0 Å². The molecular weight excluding hydrogens is 206 g/mol. The third-order valence-corrected chi connectivity index (χ3v) is 4.82. The van der Waals surface area contributed by atoms with Gasteiger partial charge in [-0.3, -0.25) is 0 Å². The Bertz CT molecular complexity index is 411. The molecule has 3 atom stereocenters. The summed E-state index contributed by atoms with van der Waals surface area (Å²) >= 11 is 0. The van der Waals surface area contributed by atoms with Crippen LogP contribution in [-0.4, -0.2) is 18.0 Å². The number of hydrogen-bond acceptors (Lipinski definition) is 1. The average Bonchev–Trinajstić information content (AvgIpc) is 2.81. The molecule has 0 bridgehead atoms. The first-order valence-electron chi connectivity index (χ1n) is 6.63. The van der Waals surface area contributed by atoms with Crippen molar-refractivity contribution in [2.45, 2.75) is 25.7 Å². The van der Waals surface area contributed by atoms with Crippen molar-refractivity contribution in [2.24, 2.45) is 11.3 Å².